The van der Waals surface area contributed by atoms with Gasteiger partial charge in [0.05, 0.1) is 23.8 Å². The maximum absolute atomic E-state index is 8.79. The van der Waals surface area contributed by atoms with Gasteiger partial charge >= 0.3 is 0 Å². The van der Waals surface area contributed by atoms with Gasteiger partial charge in [0.25, 0.3) is 0 Å². The average molecular weight is 294 g/mol. The molecule has 4 rings (SSSR count). The highest BCUT2D eigenvalue weighted by molar-refractivity contribution is 6.00. The third kappa shape index (κ3) is 1.97. The Labute approximate surface area is 128 Å². The standard InChI is InChI=1S/C16H18N6/c1-10-7-11(3-2-5-17)8-14(10)22-15-12-4-6-18-16(12)19-9-13(15)20-21-22/h4,6,9-11,14,21H,2-3,7-8H2,1H3/t10-,11-,14+/m1/s1. The highest BCUT2D eigenvalue weighted by atomic mass is 15.4. The number of hydrogen-bond acceptors (Lipinski definition) is 4. The lowest BCUT2D eigenvalue weighted by atomic mass is 10.0. The number of aromatic amines is 1. The summed E-state index contributed by atoms with van der Waals surface area (Å²) in [4.78, 5) is 8.63. The molecule has 0 saturated heterocycles. The van der Waals surface area contributed by atoms with Crippen molar-refractivity contribution >= 4 is 22.1 Å². The zero-order valence-electron chi connectivity index (χ0n) is 12.5. The smallest absolute Gasteiger partial charge is 0.161 e. The predicted molar refractivity (Wildman–Crippen MR) is 83.0 cm³/mol. The van der Waals surface area contributed by atoms with Crippen LogP contribution in [-0.2, 0) is 0 Å². The first-order valence-electron chi connectivity index (χ1n) is 7.81. The van der Waals surface area contributed by atoms with Crippen LogP contribution in [0.5, 0.6) is 0 Å². The first kappa shape index (κ1) is 13.3. The molecule has 0 radical (unpaired) electrons. The summed E-state index contributed by atoms with van der Waals surface area (Å²) in [6.07, 6.45) is 7.50. The van der Waals surface area contributed by atoms with Gasteiger partial charge in [-0.15, -0.1) is 0 Å². The van der Waals surface area contributed by atoms with Crippen molar-refractivity contribution in [3.05, 3.63) is 18.5 Å². The van der Waals surface area contributed by atoms with Crippen LogP contribution in [0.1, 0.15) is 38.6 Å². The zero-order valence-corrected chi connectivity index (χ0v) is 12.5. The second-order valence-electron chi connectivity index (χ2n) is 6.33. The Hall–Kier alpha value is -2.42. The topological polar surface area (TPSA) is 83.2 Å². The molecule has 1 fully saturated rings. The number of aromatic nitrogens is 5. The summed E-state index contributed by atoms with van der Waals surface area (Å²) in [6.45, 7) is 2.29. The Kier molecular flexibility index (Phi) is 3.07. The van der Waals surface area contributed by atoms with Gasteiger partial charge in [-0.1, -0.05) is 6.92 Å². The predicted octanol–water partition coefficient (Wildman–Crippen LogP) is 3.20. The molecule has 112 valence electrons. The van der Waals surface area contributed by atoms with Gasteiger partial charge in [-0.2, -0.15) is 10.4 Å². The van der Waals surface area contributed by atoms with Crippen LogP contribution in [0, 0.1) is 23.2 Å². The number of nitrogens with zero attached hydrogens (tertiary/aromatic N) is 5. The summed E-state index contributed by atoms with van der Waals surface area (Å²) in [5, 5.41) is 17.4. The van der Waals surface area contributed by atoms with E-state index in [1.807, 2.05) is 6.07 Å². The molecule has 6 heteroatoms. The number of fused-ring (bicyclic) bond motifs is 3. The van der Waals surface area contributed by atoms with E-state index in [0.29, 0.717) is 24.3 Å². The van der Waals surface area contributed by atoms with Crippen molar-refractivity contribution in [3.63, 3.8) is 0 Å². The third-order valence-corrected chi connectivity index (χ3v) is 4.94. The largest absolute Gasteiger partial charge is 0.266 e. The molecule has 3 aromatic heterocycles. The van der Waals surface area contributed by atoms with Gasteiger partial charge in [0.1, 0.15) is 5.52 Å². The number of H-pyrrole nitrogens is 1. The minimum absolute atomic E-state index is 0.397. The van der Waals surface area contributed by atoms with Crippen molar-refractivity contribution in [3.8, 4) is 6.07 Å². The van der Waals surface area contributed by atoms with E-state index in [1.54, 1.807) is 12.4 Å². The van der Waals surface area contributed by atoms with Crippen molar-refractivity contribution in [2.45, 2.75) is 38.6 Å². The molecule has 1 aliphatic carbocycles. The van der Waals surface area contributed by atoms with Crippen LogP contribution in [-0.4, -0.2) is 25.0 Å². The maximum Gasteiger partial charge on any atom is 0.161 e. The monoisotopic (exact) mass is 294 g/mol. The quantitative estimate of drug-likeness (QED) is 0.804. The molecule has 0 aliphatic heterocycles. The molecular formula is C16H18N6. The Balaban J connectivity index is 1.75. The van der Waals surface area contributed by atoms with E-state index in [9.17, 15) is 0 Å². The Bertz CT molecular complexity index is 854. The molecule has 3 aromatic rings. The van der Waals surface area contributed by atoms with Crippen molar-refractivity contribution in [2.24, 2.45) is 11.8 Å². The van der Waals surface area contributed by atoms with E-state index >= 15 is 0 Å². The molecule has 0 aromatic carbocycles. The van der Waals surface area contributed by atoms with Crippen LogP contribution < -0.4 is 0 Å². The minimum Gasteiger partial charge on any atom is -0.266 e. The molecule has 1 N–H and O–H groups in total. The normalized spacial score (nSPS) is 25.0. The van der Waals surface area contributed by atoms with Crippen LogP contribution in [0.15, 0.2) is 18.5 Å². The SMILES string of the molecule is C[C@@H]1C[C@@H](CCC#N)C[C@@H]1n1[nH]nc2cnc3nccc3c21. The highest BCUT2D eigenvalue weighted by Crippen LogP contribution is 2.42. The second-order valence-corrected chi connectivity index (χ2v) is 6.33. The Morgan fingerprint density at radius 3 is 3.18 bits per heavy atom. The number of nitrogens with one attached hydrogen (secondary N) is 1. The van der Waals surface area contributed by atoms with Gasteiger partial charge in [-0.25, -0.2) is 15.2 Å². The molecule has 0 unspecified atom stereocenters. The molecule has 1 aliphatic rings. The van der Waals surface area contributed by atoms with Crippen LogP contribution >= 0.6 is 0 Å². The molecular weight excluding hydrogens is 276 g/mol. The minimum atomic E-state index is 0.397. The molecule has 3 heterocycles. The number of hydrogen-bond donors (Lipinski definition) is 1. The van der Waals surface area contributed by atoms with Crippen LogP contribution in [0.3, 0.4) is 0 Å². The van der Waals surface area contributed by atoms with Gasteiger partial charge in [-0.3, -0.25) is 4.68 Å². The lowest BCUT2D eigenvalue weighted by Gasteiger charge is -2.17. The lowest BCUT2D eigenvalue weighted by Crippen LogP contribution is -2.13. The van der Waals surface area contributed by atoms with Crippen molar-refractivity contribution in [1.82, 2.24) is 25.0 Å². The average Bonchev–Trinajstić information content (AvgIpc) is 3.21. The van der Waals surface area contributed by atoms with E-state index in [0.717, 1.165) is 34.9 Å². The zero-order chi connectivity index (χ0) is 15.1. The summed E-state index contributed by atoms with van der Waals surface area (Å²) in [6, 6.07) is 4.67. The number of nitriles is 1. The number of rotatable bonds is 3. The molecule has 1 saturated carbocycles. The molecule has 3 atom stereocenters. The highest BCUT2D eigenvalue weighted by Gasteiger charge is 2.33. The summed E-state index contributed by atoms with van der Waals surface area (Å²) in [5.41, 5.74) is 2.75. The van der Waals surface area contributed by atoms with Gasteiger partial charge < -0.3 is 0 Å². The van der Waals surface area contributed by atoms with E-state index in [2.05, 4.69) is 38.0 Å². The molecule has 22 heavy (non-hydrogen) atoms. The summed E-state index contributed by atoms with van der Waals surface area (Å²) < 4.78 is 2.19. The van der Waals surface area contributed by atoms with E-state index in [1.165, 1.54) is 6.42 Å². The summed E-state index contributed by atoms with van der Waals surface area (Å²) in [5.74, 6) is 1.20. The Morgan fingerprint density at radius 1 is 1.41 bits per heavy atom. The Morgan fingerprint density at radius 2 is 2.32 bits per heavy atom. The fraction of sp³-hybridized carbons (Fsp3) is 0.500. The third-order valence-electron chi connectivity index (χ3n) is 4.94. The van der Waals surface area contributed by atoms with Crippen molar-refractivity contribution < 1.29 is 0 Å². The number of pyridine rings is 1. The van der Waals surface area contributed by atoms with E-state index < -0.39 is 0 Å². The molecule has 0 amide bonds. The molecule has 6 nitrogen and oxygen atoms in total. The first-order chi connectivity index (χ1) is 10.8. The van der Waals surface area contributed by atoms with Crippen molar-refractivity contribution in [2.75, 3.05) is 0 Å². The van der Waals surface area contributed by atoms with Crippen LogP contribution in [0.4, 0.5) is 0 Å². The summed E-state index contributed by atoms with van der Waals surface area (Å²) in [7, 11) is 0. The van der Waals surface area contributed by atoms with Crippen molar-refractivity contribution in [1.29, 1.82) is 5.26 Å². The van der Waals surface area contributed by atoms with Crippen LogP contribution in [0.2, 0.25) is 0 Å². The second kappa shape index (κ2) is 5.09. The van der Waals surface area contributed by atoms with E-state index in [4.69, 9.17) is 5.26 Å². The maximum atomic E-state index is 8.79. The van der Waals surface area contributed by atoms with Crippen LogP contribution in [0.25, 0.3) is 22.1 Å². The first-order valence-corrected chi connectivity index (χ1v) is 7.81. The molecule has 0 bridgehead atoms. The van der Waals surface area contributed by atoms with E-state index in [-0.39, 0.29) is 0 Å². The summed E-state index contributed by atoms with van der Waals surface area (Å²) >= 11 is 0. The van der Waals surface area contributed by atoms with Gasteiger partial charge in [-0.05, 0) is 37.2 Å². The van der Waals surface area contributed by atoms with Gasteiger partial charge in [0.2, 0.25) is 0 Å². The fourth-order valence-electron chi connectivity index (χ4n) is 3.89. The fourth-order valence-corrected chi connectivity index (χ4v) is 3.89. The lowest BCUT2D eigenvalue weighted by molar-refractivity contribution is 0.375. The molecule has 0 spiro atoms. The van der Waals surface area contributed by atoms with Gasteiger partial charge in [0.15, 0.2) is 5.65 Å². The van der Waals surface area contributed by atoms with Gasteiger partial charge in [0, 0.05) is 18.0 Å².